The minimum Gasteiger partial charge on any atom is -0.192 e. The largest absolute Gasteiger partial charge is 0.416 e. The van der Waals surface area contributed by atoms with E-state index in [2.05, 4.69) is 6.07 Å². The molecule has 0 radical (unpaired) electrons. The number of halogens is 4. The highest BCUT2D eigenvalue weighted by atomic mass is 35.5. The molecule has 0 fully saturated rings. The van der Waals surface area contributed by atoms with E-state index in [1.807, 2.05) is 6.07 Å². The van der Waals surface area contributed by atoms with Crippen molar-refractivity contribution >= 4 is 11.6 Å². The Morgan fingerprint density at radius 2 is 1.91 bits per heavy atom. The maximum Gasteiger partial charge on any atom is 0.416 e. The van der Waals surface area contributed by atoms with Gasteiger partial charge in [0.25, 0.3) is 0 Å². The summed E-state index contributed by atoms with van der Waals surface area (Å²) in [6, 6.07) is 11.4. The summed E-state index contributed by atoms with van der Waals surface area (Å²) in [4.78, 5) is 0. The molecule has 1 nitrogen and oxygen atoms in total. The standard InChI is InChI=1S/C17H11ClF3N/c18-16-8-14(17(19,20)21)6-13-5-12(7-15(13)16)11-3-1-2-10(4-11)9-22/h1-4,6,8,12H,5,7H2. The fourth-order valence-corrected chi connectivity index (χ4v) is 3.27. The lowest BCUT2D eigenvalue weighted by Crippen LogP contribution is -2.06. The van der Waals surface area contributed by atoms with Gasteiger partial charge in [0.15, 0.2) is 0 Å². The molecule has 0 saturated heterocycles. The van der Waals surface area contributed by atoms with E-state index in [0.717, 1.165) is 17.2 Å². The predicted octanol–water partition coefficient (Wildman–Crippen LogP) is 5.11. The van der Waals surface area contributed by atoms with E-state index < -0.39 is 11.7 Å². The van der Waals surface area contributed by atoms with Crippen LogP contribution >= 0.6 is 11.6 Å². The molecule has 0 bridgehead atoms. The first-order chi connectivity index (χ1) is 10.4. The average molecular weight is 322 g/mol. The number of alkyl halides is 3. The molecular formula is C17H11ClF3N. The van der Waals surface area contributed by atoms with Crippen LogP contribution in [0.1, 0.15) is 33.7 Å². The summed E-state index contributed by atoms with van der Waals surface area (Å²) < 4.78 is 38.6. The molecule has 1 aliphatic carbocycles. The van der Waals surface area contributed by atoms with Gasteiger partial charge in [-0.1, -0.05) is 23.7 Å². The molecule has 3 rings (SSSR count). The van der Waals surface area contributed by atoms with Gasteiger partial charge in [-0.25, -0.2) is 0 Å². The second kappa shape index (κ2) is 5.33. The summed E-state index contributed by atoms with van der Waals surface area (Å²) in [5.74, 6) is 0.0595. The van der Waals surface area contributed by atoms with Crippen molar-refractivity contribution in [2.75, 3.05) is 0 Å². The highest BCUT2D eigenvalue weighted by molar-refractivity contribution is 6.31. The second-order valence-electron chi connectivity index (χ2n) is 5.44. The van der Waals surface area contributed by atoms with Crippen molar-refractivity contribution in [3.63, 3.8) is 0 Å². The number of nitrogens with zero attached hydrogens (tertiary/aromatic N) is 1. The Labute approximate surface area is 130 Å². The molecule has 22 heavy (non-hydrogen) atoms. The summed E-state index contributed by atoms with van der Waals surface area (Å²) in [5.41, 5.74) is 2.23. The molecule has 0 spiro atoms. The van der Waals surface area contributed by atoms with Crippen molar-refractivity contribution in [2.24, 2.45) is 0 Å². The Bertz CT molecular complexity index is 774. The van der Waals surface area contributed by atoms with Crippen LogP contribution < -0.4 is 0 Å². The predicted molar refractivity (Wildman–Crippen MR) is 77.8 cm³/mol. The van der Waals surface area contributed by atoms with Gasteiger partial charge in [0.1, 0.15) is 0 Å². The van der Waals surface area contributed by atoms with Gasteiger partial charge in [-0.05, 0) is 59.7 Å². The molecule has 0 saturated carbocycles. The van der Waals surface area contributed by atoms with Crippen molar-refractivity contribution < 1.29 is 13.2 Å². The van der Waals surface area contributed by atoms with Crippen LogP contribution in [-0.2, 0) is 19.0 Å². The smallest absolute Gasteiger partial charge is 0.192 e. The van der Waals surface area contributed by atoms with Gasteiger partial charge >= 0.3 is 6.18 Å². The Hall–Kier alpha value is -1.99. The van der Waals surface area contributed by atoms with Crippen molar-refractivity contribution in [2.45, 2.75) is 24.9 Å². The number of hydrogen-bond acceptors (Lipinski definition) is 1. The zero-order chi connectivity index (χ0) is 15.9. The Morgan fingerprint density at radius 1 is 1.14 bits per heavy atom. The molecule has 1 atom stereocenters. The maximum atomic E-state index is 12.9. The molecule has 2 aromatic carbocycles. The number of benzene rings is 2. The number of nitriles is 1. The van der Waals surface area contributed by atoms with E-state index in [1.54, 1.807) is 18.2 Å². The van der Waals surface area contributed by atoms with Crippen molar-refractivity contribution in [3.8, 4) is 6.07 Å². The van der Waals surface area contributed by atoms with Crippen LogP contribution in [0.5, 0.6) is 0 Å². The van der Waals surface area contributed by atoms with E-state index in [1.165, 1.54) is 6.07 Å². The first-order valence-corrected chi connectivity index (χ1v) is 7.15. The van der Waals surface area contributed by atoms with E-state index in [4.69, 9.17) is 16.9 Å². The van der Waals surface area contributed by atoms with Gasteiger partial charge in [-0.3, -0.25) is 0 Å². The summed E-state index contributed by atoms with van der Waals surface area (Å²) >= 11 is 6.04. The van der Waals surface area contributed by atoms with Crippen LogP contribution in [0.25, 0.3) is 0 Å². The van der Waals surface area contributed by atoms with E-state index in [-0.39, 0.29) is 10.9 Å². The minimum absolute atomic E-state index is 0.0595. The van der Waals surface area contributed by atoms with Gasteiger partial charge < -0.3 is 0 Å². The lowest BCUT2D eigenvalue weighted by Gasteiger charge is -2.10. The quantitative estimate of drug-likeness (QED) is 0.715. The summed E-state index contributed by atoms with van der Waals surface area (Å²) in [5, 5.41) is 9.12. The van der Waals surface area contributed by atoms with Crippen LogP contribution in [0, 0.1) is 11.3 Å². The number of fused-ring (bicyclic) bond motifs is 1. The van der Waals surface area contributed by atoms with Crippen LogP contribution in [0.4, 0.5) is 13.2 Å². The van der Waals surface area contributed by atoms with Gasteiger partial charge in [0.2, 0.25) is 0 Å². The third kappa shape index (κ3) is 2.69. The third-order valence-corrected chi connectivity index (χ3v) is 4.36. The third-order valence-electron chi connectivity index (χ3n) is 4.02. The Morgan fingerprint density at radius 3 is 2.59 bits per heavy atom. The summed E-state index contributed by atoms with van der Waals surface area (Å²) in [7, 11) is 0. The number of rotatable bonds is 1. The van der Waals surface area contributed by atoms with E-state index in [9.17, 15) is 13.2 Å². The lowest BCUT2D eigenvalue weighted by molar-refractivity contribution is -0.137. The van der Waals surface area contributed by atoms with Crippen molar-refractivity contribution in [1.29, 1.82) is 5.26 Å². The molecule has 0 aromatic heterocycles. The molecule has 0 aliphatic heterocycles. The molecule has 0 heterocycles. The zero-order valence-corrected chi connectivity index (χ0v) is 12.2. The fraction of sp³-hybridized carbons (Fsp3) is 0.235. The first-order valence-electron chi connectivity index (χ1n) is 6.77. The summed E-state index contributed by atoms with van der Waals surface area (Å²) in [6.45, 7) is 0. The molecule has 1 aliphatic rings. The monoisotopic (exact) mass is 321 g/mol. The van der Waals surface area contributed by atoms with Crippen LogP contribution in [0.2, 0.25) is 5.02 Å². The Balaban J connectivity index is 1.96. The van der Waals surface area contributed by atoms with Crippen LogP contribution in [-0.4, -0.2) is 0 Å². The topological polar surface area (TPSA) is 23.8 Å². The number of hydrogen-bond donors (Lipinski definition) is 0. The molecule has 5 heteroatoms. The highest BCUT2D eigenvalue weighted by Crippen LogP contribution is 2.41. The van der Waals surface area contributed by atoms with E-state index in [0.29, 0.717) is 24.0 Å². The molecule has 0 N–H and O–H groups in total. The molecule has 1 unspecified atom stereocenters. The molecule has 0 amide bonds. The molecular weight excluding hydrogens is 311 g/mol. The van der Waals surface area contributed by atoms with Gasteiger partial charge in [0, 0.05) is 5.02 Å². The minimum atomic E-state index is -4.39. The fourth-order valence-electron chi connectivity index (χ4n) is 2.95. The Kier molecular flexibility index (Phi) is 3.62. The summed E-state index contributed by atoms with van der Waals surface area (Å²) in [6.07, 6.45) is -3.29. The van der Waals surface area contributed by atoms with Crippen LogP contribution in [0.15, 0.2) is 36.4 Å². The average Bonchev–Trinajstić information content (AvgIpc) is 2.91. The van der Waals surface area contributed by atoms with Crippen molar-refractivity contribution in [3.05, 3.63) is 69.2 Å². The first kappa shape index (κ1) is 14.9. The van der Waals surface area contributed by atoms with Gasteiger partial charge in [0.05, 0.1) is 17.2 Å². The SMILES string of the molecule is N#Cc1cccc(C2Cc3cc(C(F)(F)F)cc(Cl)c3C2)c1. The highest BCUT2D eigenvalue weighted by Gasteiger charge is 2.34. The second-order valence-corrected chi connectivity index (χ2v) is 5.84. The van der Waals surface area contributed by atoms with Crippen molar-refractivity contribution in [1.82, 2.24) is 0 Å². The molecule has 112 valence electrons. The van der Waals surface area contributed by atoms with Crippen LogP contribution in [0.3, 0.4) is 0 Å². The van der Waals surface area contributed by atoms with Gasteiger partial charge in [-0.15, -0.1) is 0 Å². The normalized spacial score (nSPS) is 17.1. The maximum absolute atomic E-state index is 12.9. The zero-order valence-electron chi connectivity index (χ0n) is 11.4. The van der Waals surface area contributed by atoms with Gasteiger partial charge in [-0.2, -0.15) is 18.4 Å². The molecule has 2 aromatic rings. The lowest BCUT2D eigenvalue weighted by atomic mass is 9.95. The van der Waals surface area contributed by atoms with E-state index >= 15 is 0 Å².